The van der Waals surface area contributed by atoms with Crippen LogP contribution in [0.5, 0.6) is 0 Å². The first-order chi connectivity index (χ1) is 9.88. The number of piperidine rings is 1. The average Bonchev–Trinajstić information content (AvgIpc) is 2.43. The van der Waals surface area contributed by atoms with Crippen molar-refractivity contribution >= 4 is 11.8 Å². The van der Waals surface area contributed by atoms with Crippen molar-refractivity contribution in [2.75, 3.05) is 13.1 Å². The van der Waals surface area contributed by atoms with Crippen LogP contribution >= 0.6 is 0 Å². The number of carbonyl (C=O) groups excluding carboxylic acids is 2. The Hall–Kier alpha value is -2.05. The SMILES string of the molecule is NC(=O)CC1CCN(C(=O)c2cc(F)c(F)c(F)c2)CC1. The summed E-state index contributed by atoms with van der Waals surface area (Å²) in [6.07, 6.45) is 1.46. The number of nitrogens with zero attached hydrogens (tertiary/aromatic N) is 1. The maximum absolute atomic E-state index is 13.1. The van der Waals surface area contributed by atoms with Gasteiger partial charge in [0, 0.05) is 25.1 Å². The fraction of sp³-hybridized carbons (Fsp3) is 0.429. The maximum atomic E-state index is 13.1. The Morgan fingerprint density at radius 2 is 1.67 bits per heavy atom. The highest BCUT2D eigenvalue weighted by Crippen LogP contribution is 2.22. The molecule has 1 aliphatic heterocycles. The van der Waals surface area contributed by atoms with E-state index in [1.54, 1.807) is 0 Å². The molecule has 1 saturated heterocycles. The molecule has 0 bridgehead atoms. The number of hydrogen-bond donors (Lipinski definition) is 1. The second kappa shape index (κ2) is 6.15. The zero-order chi connectivity index (χ0) is 15.6. The smallest absolute Gasteiger partial charge is 0.254 e. The lowest BCUT2D eigenvalue weighted by atomic mass is 9.93. The van der Waals surface area contributed by atoms with E-state index in [0.717, 1.165) is 0 Å². The number of halogens is 3. The molecule has 1 aromatic rings. The molecule has 21 heavy (non-hydrogen) atoms. The molecule has 1 heterocycles. The highest BCUT2D eigenvalue weighted by atomic mass is 19.2. The molecule has 0 atom stereocenters. The fourth-order valence-corrected chi connectivity index (χ4v) is 2.49. The summed E-state index contributed by atoms with van der Waals surface area (Å²) in [6.45, 7) is 0.745. The van der Waals surface area contributed by atoms with E-state index in [-0.39, 0.29) is 23.8 Å². The normalized spacial score (nSPS) is 16.0. The lowest BCUT2D eigenvalue weighted by molar-refractivity contribution is -0.119. The number of primary amides is 1. The third-order valence-electron chi connectivity index (χ3n) is 3.62. The average molecular weight is 300 g/mol. The molecule has 1 aromatic carbocycles. The van der Waals surface area contributed by atoms with Crippen LogP contribution in [0.2, 0.25) is 0 Å². The molecule has 4 nitrogen and oxygen atoms in total. The lowest BCUT2D eigenvalue weighted by Gasteiger charge is -2.31. The Labute approximate surface area is 119 Å². The maximum Gasteiger partial charge on any atom is 0.254 e. The standard InChI is InChI=1S/C14H15F3N2O2/c15-10-6-9(7-11(16)13(10)17)14(21)19-3-1-8(2-4-19)5-12(18)20/h6-8H,1-5H2,(H2,18,20). The molecule has 114 valence electrons. The minimum Gasteiger partial charge on any atom is -0.370 e. The zero-order valence-corrected chi connectivity index (χ0v) is 11.2. The molecule has 7 heteroatoms. The molecule has 0 aromatic heterocycles. The minimum absolute atomic E-state index is 0.119. The van der Waals surface area contributed by atoms with Crippen molar-refractivity contribution in [1.82, 2.24) is 4.90 Å². The Kier molecular flexibility index (Phi) is 4.50. The molecule has 0 saturated carbocycles. The van der Waals surface area contributed by atoms with E-state index in [1.165, 1.54) is 4.90 Å². The van der Waals surface area contributed by atoms with E-state index in [0.29, 0.717) is 38.1 Å². The van der Waals surface area contributed by atoms with Gasteiger partial charge in [-0.2, -0.15) is 0 Å². The number of carbonyl (C=O) groups is 2. The van der Waals surface area contributed by atoms with E-state index in [2.05, 4.69) is 0 Å². The number of rotatable bonds is 3. The van der Waals surface area contributed by atoms with Crippen LogP contribution in [0.25, 0.3) is 0 Å². The summed E-state index contributed by atoms with van der Waals surface area (Å²) in [5.41, 5.74) is 4.90. The topological polar surface area (TPSA) is 63.4 Å². The van der Waals surface area contributed by atoms with Crippen molar-refractivity contribution in [3.63, 3.8) is 0 Å². The first-order valence-electron chi connectivity index (χ1n) is 6.60. The number of hydrogen-bond acceptors (Lipinski definition) is 2. The van der Waals surface area contributed by atoms with Gasteiger partial charge in [0.1, 0.15) is 0 Å². The predicted molar refractivity (Wildman–Crippen MR) is 68.8 cm³/mol. The molecular weight excluding hydrogens is 285 g/mol. The largest absolute Gasteiger partial charge is 0.370 e. The molecule has 0 unspecified atom stereocenters. The first-order valence-corrected chi connectivity index (χ1v) is 6.60. The van der Waals surface area contributed by atoms with Gasteiger partial charge in [0.2, 0.25) is 5.91 Å². The quantitative estimate of drug-likeness (QED) is 0.866. The second-order valence-electron chi connectivity index (χ2n) is 5.16. The molecule has 2 amide bonds. The summed E-state index contributed by atoms with van der Waals surface area (Å²) in [5, 5.41) is 0. The van der Waals surface area contributed by atoms with Crippen molar-refractivity contribution in [1.29, 1.82) is 0 Å². The van der Waals surface area contributed by atoms with Crippen LogP contribution in [0, 0.1) is 23.4 Å². The number of nitrogens with two attached hydrogens (primary N) is 1. The minimum atomic E-state index is -1.59. The first kappa shape index (κ1) is 15.3. The van der Waals surface area contributed by atoms with Gasteiger partial charge in [0.05, 0.1) is 0 Å². The third-order valence-corrected chi connectivity index (χ3v) is 3.62. The van der Waals surface area contributed by atoms with Gasteiger partial charge in [-0.25, -0.2) is 13.2 Å². The van der Waals surface area contributed by atoms with Gasteiger partial charge in [-0.3, -0.25) is 9.59 Å². The highest BCUT2D eigenvalue weighted by Gasteiger charge is 2.25. The Bertz CT molecular complexity index is 546. The van der Waals surface area contributed by atoms with E-state index < -0.39 is 23.4 Å². The Balaban J connectivity index is 2.04. The Morgan fingerprint density at radius 3 is 2.14 bits per heavy atom. The number of benzene rings is 1. The lowest BCUT2D eigenvalue weighted by Crippen LogP contribution is -2.39. The molecule has 0 radical (unpaired) electrons. The van der Waals surface area contributed by atoms with Gasteiger partial charge in [-0.15, -0.1) is 0 Å². The number of amides is 2. The van der Waals surface area contributed by atoms with Crippen molar-refractivity contribution < 1.29 is 22.8 Å². The van der Waals surface area contributed by atoms with Crippen LogP contribution in [0.15, 0.2) is 12.1 Å². The molecule has 0 spiro atoms. The monoisotopic (exact) mass is 300 g/mol. The molecule has 1 aliphatic rings. The molecule has 1 fully saturated rings. The number of likely N-dealkylation sites (tertiary alicyclic amines) is 1. The highest BCUT2D eigenvalue weighted by molar-refractivity contribution is 5.94. The summed E-state index contributed by atoms with van der Waals surface area (Å²) >= 11 is 0. The molecule has 2 N–H and O–H groups in total. The van der Waals surface area contributed by atoms with Crippen LogP contribution in [-0.4, -0.2) is 29.8 Å². The van der Waals surface area contributed by atoms with Gasteiger partial charge in [0.15, 0.2) is 17.5 Å². The third kappa shape index (κ3) is 3.53. The van der Waals surface area contributed by atoms with Gasteiger partial charge >= 0.3 is 0 Å². The molecule has 2 rings (SSSR count). The second-order valence-corrected chi connectivity index (χ2v) is 5.16. The van der Waals surface area contributed by atoms with Crippen molar-refractivity contribution in [3.05, 3.63) is 35.1 Å². The summed E-state index contributed by atoms with van der Waals surface area (Å²) in [4.78, 5) is 24.4. The van der Waals surface area contributed by atoms with Gasteiger partial charge in [-0.05, 0) is 30.9 Å². The van der Waals surface area contributed by atoms with Crippen LogP contribution in [0.3, 0.4) is 0 Å². The fourth-order valence-electron chi connectivity index (χ4n) is 2.49. The molecule has 0 aliphatic carbocycles. The van der Waals surface area contributed by atoms with Crippen LogP contribution in [0.1, 0.15) is 29.6 Å². The van der Waals surface area contributed by atoms with E-state index in [1.807, 2.05) is 0 Å². The van der Waals surface area contributed by atoms with E-state index in [9.17, 15) is 22.8 Å². The van der Waals surface area contributed by atoms with Crippen molar-refractivity contribution in [2.45, 2.75) is 19.3 Å². The zero-order valence-electron chi connectivity index (χ0n) is 11.2. The van der Waals surface area contributed by atoms with Crippen LogP contribution in [-0.2, 0) is 4.79 Å². The van der Waals surface area contributed by atoms with Gasteiger partial charge in [0.25, 0.3) is 5.91 Å². The summed E-state index contributed by atoms with van der Waals surface area (Å²) < 4.78 is 39.1. The van der Waals surface area contributed by atoms with Gasteiger partial charge in [-0.1, -0.05) is 0 Å². The predicted octanol–water partition coefficient (Wildman–Crippen LogP) is 1.83. The Morgan fingerprint density at radius 1 is 1.14 bits per heavy atom. The van der Waals surface area contributed by atoms with Crippen molar-refractivity contribution in [2.24, 2.45) is 11.7 Å². The van der Waals surface area contributed by atoms with E-state index >= 15 is 0 Å². The molecular formula is C14H15F3N2O2. The van der Waals surface area contributed by atoms with E-state index in [4.69, 9.17) is 5.73 Å². The van der Waals surface area contributed by atoms with Crippen LogP contribution in [0.4, 0.5) is 13.2 Å². The summed E-state index contributed by atoms with van der Waals surface area (Å²) in [6, 6.07) is 1.38. The van der Waals surface area contributed by atoms with Crippen LogP contribution < -0.4 is 5.73 Å². The van der Waals surface area contributed by atoms with Gasteiger partial charge < -0.3 is 10.6 Å². The van der Waals surface area contributed by atoms with Crippen molar-refractivity contribution in [3.8, 4) is 0 Å². The summed E-state index contributed by atoms with van der Waals surface area (Å²) in [5.74, 6) is -5.18. The summed E-state index contributed by atoms with van der Waals surface area (Å²) in [7, 11) is 0.